The van der Waals surface area contributed by atoms with E-state index in [-0.39, 0.29) is 5.69 Å². The summed E-state index contributed by atoms with van der Waals surface area (Å²) in [5.74, 6) is 0. The van der Waals surface area contributed by atoms with E-state index >= 15 is 0 Å². The number of halogens is 1. The van der Waals surface area contributed by atoms with E-state index in [1.165, 1.54) is 24.0 Å². The van der Waals surface area contributed by atoms with Gasteiger partial charge in [-0.15, -0.1) is 0 Å². The second kappa shape index (κ2) is 11.8. The molecule has 0 unspecified atom stereocenters. The van der Waals surface area contributed by atoms with Gasteiger partial charge in [0, 0.05) is 11.1 Å². The fourth-order valence-electron chi connectivity index (χ4n) is 3.27. The highest BCUT2D eigenvalue weighted by atomic mass is 19.1. The molecule has 0 saturated carbocycles. The van der Waals surface area contributed by atoms with Gasteiger partial charge in [-0.2, -0.15) is 4.98 Å². The molecule has 0 saturated heterocycles. The van der Waals surface area contributed by atoms with E-state index in [2.05, 4.69) is 49.8 Å². The summed E-state index contributed by atoms with van der Waals surface area (Å²) in [5.41, 5.74) is 5.67. The van der Waals surface area contributed by atoms with Gasteiger partial charge in [0.2, 0.25) is 0 Å². The molecule has 0 bridgehead atoms. The molecule has 2 aromatic carbocycles. The van der Waals surface area contributed by atoms with Crippen LogP contribution >= 0.6 is 0 Å². The number of benzene rings is 2. The predicted octanol–water partition coefficient (Wildman–Crippen LogP) is 7.42. The minimum Gasteiger partial charge on any atom is -0.309 e. The molecule has 0 radical (unpaired) electrons. The number of aromatic amines is 1. The zero-order valence-electron chi connectivity index (χ0n) is 20.7. The third-order valence-electron chi connectivity index (χ3n) is 5.50. The summed E-state index contributed by atoms with van der Waals surface area (Å²) in [4.78, 5) is 17.8. The van der Waals surface area contributed by atoms with Crippen LogP contribution in [0.2, 0.25) is 0 Å². The molecule has 1 N–H and O–H groups in total. The minimum absolute atomic E-state index is 0.279. The first-order valence-electron chi connectivity index (χ1n) is 11.2. The first-order valence-corrected chi connectivity index (χ1v) is 11.2. The van der Waals surface area contributed by atoms with Gasteiger partial charge >= 0.3 is 5.69 Å². The van der Waals surface area contributed by atoms with Gasteiger partial charge in [-0.3, -0.25) is 0 Å². The lowest BCUT2D eigenvalue weighted by Crippen LogP contribution is -2.12. The molecular weight excluding hydrogens is 387 g/mol. The summed E-state index contributed by atoms with van der Waals surface area (Å²) in [6, 6.07) is 9.87. The number of unbranched alkanes of at least 4 members (excludes halogenated alkanes) is 1. The molecule has 31 heavy (non-hydrogen) atoms. The number of rotatable bonds is 3. The van der Waals surface area contributed by atoms with Crippen molar-refractivity contribution in [3.8, 4) is 0 Å². The molecule has 3 aromatic rings. The van der Waals surface area contributed by atoms with Crippen LogP contribution in [0.15, 0.2) is 35.1 Å². The summed E-state index contributed by atoms with van der Waals surface area (Å²) in [6.07, 6.45) is 3.61. The van der Waals surface area contributed by atoms with E-state index in [0.29, 0.717) is 0 Å². The number of hydrogen-bond donors (Lipinski definition) is 1. The molecule has 4 heteroatoms. The Bertz CT molecular complexity index is 1040. The van der Waals surface area contributed by atoms with Gasteiger partial charge < -0.3 is 4.98 Å². The SMILES string of the molecule is CCCC.CCc1cccc(C(C)(C)F)c1C.Cc1cc2nc(=O)[nH]c(C)c2cc1C. The highest BCUT2D eigenvalue weighted by Crippen LogP contribution is 2.29. The van der Waals surface area contributed by atoms with Crippen molar-refractivity contribution in [2.45, 2.75) is 87.2 Å². The lowest BCUT2D eigenvalue weighted by atomic mass is 9.91. The number of aryl methyl sites for hydroxylation is 4. The Morgan fingerprint density at radius 1 is 0.968 bits per heavy atom. The second-order valence-electron chi connectivity index (χ2n) is 8.54. The van der Waals surface area contributed by atoms with E-state index in [1.807, 2.05) is 39.0 Å². The van der Waals surface area contributed by atoms with Gasteiger partial charge in [-0.25, -0.2) is 9.18 Å². The number of alkyl halides is 1. The number of nitrogens with zero attached hydrogens (tertiary/aromatic N) is 1. The van der Waals surface area contributed by atoms with Crippen molar-refractivity contribution < 1.29 is 4.39 Å². The number of fused-ring (bicyclic) bond motifs is 1. The van der Waals surface area contributed by atoms with Crippen molar-refractivity contribution in [2.75, 3.05) is 0 Å². The maximum atomic E-state index is 13.7. The lowest BCUT2D eigenvalue weighted by molar-refractivity contribution is 0.220. The molecule has 3 rings (SSSR count). The molecule has 0 aliphatic rings. The Balaban J connectivity index is 0.000000266. The largest absolute Gasteiger partial charge is 0.345 e. The van der Waals surface area contributed by atoms with Gasteiger partial charge in [-0.05, 0) is 87.9 Å². The molecule has 3 nitrogen and oxygen atoms in total. The molecule has 0 aliphatic carbocycles. The quantitative estimate of drug-likeness (QED) is 0.474. The van der Waals surface area contributed by atoms with E-state index < -0.39 is 5.67 Å². The van der Waals surface area contributed by atoms with Gasteiger partial charge in [0.25, 0.3) is 0 Å². The summed E-state index contributed by atoms with van der Waals surface area (Å²) in [5, 5.41) is 1.02. The first-order chi connectivity index (χ1) is 14.5. The van der Waals surface area contributed by atoms with Crippen LogP contribution in [0.1, 0.15) is 81.0 Å². The van der Waals surface area contributed by atoms with Crippen molar-refractivity contribution in [3.63, 3.8) is 0 Å². The normalized spacial score (nSPS) is 10.8. The Morgan fingerprint density at radius 2 is 1.55 bits per heavy atom. The van der Waals surface area contributed by atoms with Gasteiger partial charge in [0.15, 0.2) is 0 Å². The van der Waals surface area contributed by atoms with Gasteiger partial charge in [0.05, 0.1) is 5.52 Å². The number of nitrogens with one attached hydrogen (secondary N) is 1. The van der Waals surface area contributed by atoms with E-state index in [9.17, 15) is 9.18 Å². The molecule has 1 aromatic heterocycles. The Morgan fingerprint density at radius 3 is 2.06 bits per heavy atom. The fourth-order valence-corrected chi connectivity index (χ4v) is 3.27. The molecule has 0 fully saturated rings. The summed E-state index contributed by atoms with van der Waals surface area (Å²) in [6.45, 7) is 17.6. The number of aromatic nitrogens is 2. The number of H-pyrrole nitrogens is 1. The molecule has 170 valence electrons. The standard InChI is InChI=1S/C12H17F.C11H12N2O.C4H10/c1-5-10-7-6-8-11(9(10)2)12(3,4)13;1-6-4-9-8(3)12-11(14)13-10(9)5-7(6)2;1-3-4-2/h6-8H,5H2,1-4H3;4-5H,1-3H3,(H,12,13,14);3-4H2,1-2H3. The third-order valence-corrected chi connectivity index (χ3v) is 5.50. The van der Waals surface area contributed by atoms with Crippen LogP contribution < -0.4 is 5.69 Å². The maximum absolute atomic E-state index is 13.7. The van der Waals surface area contributed by atoms with Crippen molar-refractivity contribution >= 4 is 10.9 Å². The molecule has 0 aliphatic heterocycles. The fraction of sp³-hybridized carbons (Fsp3) is 0.481. The predicted molar refractivity (Wildman–Crippen MR) is 132 cm³/mol. The van der Waals surface area contributed by atoms with Crippen molar-refractivity contribution in [1.29, 1.82) is 0 Å². The smallest absolute Gasteiger partial charge is 0.309 e. The van der Waals surface area contributed by atoms with Crippen LogP contribution in [-0.4, -0.2) is 9.97 Å². The monoisotopic (exact) mass is 426 g/mol. The molecule has 0 atom stereocenters. The Hall–Kier alpha value is -2.49. The van der Waals surface area contributed by atoms with Crippen molar-refractivity contribution in [1.82, 2.24) is 9.97 Å². The number of hydrogen-bond acceptors (Lipinski definition) is 2. The minimum atomic E-state index is -1.23. The van der Waals surface area contributed by atoms with Crippen LogP contribution in [-0.2, 0) is 12.1 Å². The van der Waals surface area contributed by atoms with Crippen LogP contribution in [0, 0.1) is 27.7 Å². The van der Waals surface area contributed by atoms with Crippen LogP contribution in [0.5, 0.6) is 0 Å². The van der Waals surface area contributed by atoms with Gasteiger partial charge in [-0.1, -0.05) is 51.8 Å². The molecule has 0 amide bonds. The summed E-state index contributed by atoms with van der Waals surface area (Å²) >= 11 is 0. The summed E-state index contributed by atoms with van der Waals surface area (Å²) in [7, 11) is 0. The average Bonchev–Trinajstić information content (AvgIpc) is 2.69. The highest BCUT2D eigenvalue weighted by Gasteiger charge is 2.21. The first kappa shape index (κ1) is 26.5. The van der Waals surface area contributed by atoms with Crippen molar-refractivity contribution in [3.05, 3.63) is 74.3 Å². The van der Waals surface area contributed by atoms with E-state index in [1.54, 1.807) is 13.8 Å². The van der Waals surface area contributed by atoms with Crippen LogP contribution in [0.4, 0.5) is 4.39 Å². The van der Waals surface area contributed by atoms with Crippen LogP contribution in [0.3, 0.4) is 0 Å². The zero-order valence-corrected chi connectivity index (χ0v) is 20.7. The van der Waals surface area contributed by atoms with Crippen LogP contribution in [0.25, 0.3) is 10.9 Å². The highest BCUT2D eigenvalue weighted by molar-refractivity contribution is 5.82. The molecular formula is C27H39FN2O. The maximum Gasteiger partial charge on any atom is 0.345 e. The van der Waals surface area contributed by atoms with Crippen molar-refractivity contribution in [2.24, 2.45) is 0 Å². The van der Waals surface area contributed by atoms with E-state index in [0.717, 1.165) is 39.7 Å². The van der Waals surface area contributed by atoms with E-state index in [4.69, 9.17) is 0 Å². The summed E-state index contributed by atoms with van der Waals surface area (Å²) < 4.78 is 13.7. The zero-order chi connectivity index (χ0) is 23.8. The molecule has 0 spiro atoms. The average molecular weight is 427 g/mol. The van der Waals surface area contributed by atoms with Gasteiger partial charge in [0.1, 0.15) is 5.67 Å². The third kappa shape index (κ3) is 7.61. The molecule has 1 heterocycles. The second-order valence-corrected chi connectivity index (χ2v) is 8.54. The lowest BCUT2D eigenvalue weighted by Gasteiger charge is -2.19. The Kier molecular flexibility index (Phi) is 10.1. The topological polar surface area (TPSA) is 45.8 Å². The Labute approximate surface area is 187 Å².